The highest BCUT2D eigenvalue weighted by atomic mass is 35.5. The van der Waals surface area contributed by atoms with Crippen molar-refractivity contribution in [2.24, 2.45) is 0 Å². The standard InChI is InChI=1S/C7H3ClF3N3O/c8-3-1-4(13)6(14-5(3)2-12)15-7(9,10)11/h1H,13H2. The molecule has 0 bridgehead atoms. The first-order valence-electron chi connectivity index (χ1n) is 3.45. The van der Waals surface area contributed by atoms with Crippen molar-refractivity contribution in [1.82, 2.24) is 4.98 Å². The molecule has 0 unspecified atom stereocenters. The zero-order chi connectivity index (χ0) is 11.6. The molecule has 0 saturated carbocycles. The summed E-state index contributed by atoms with van der Waals surface area (Å²) in [6, 6.07) is 2.47. The van der Waals surface area contributed by atoms with E-state index in [4.69, 9.17) is 22.6 Å². The summed E-state index contributed by atoms with van der Waals surface area (Å²) in [5, 5.41) is 8.32. The molecule has 0 saturated heterocycles. The fraction of sp³-hybridized carbons (Fsp3) is 0.143. The Kier molecular flexibility index (Phi) is 2.90. The summed E-state index contributed by atoms with van der Waals surface area (Å²) in [6.45, 7) is 0. The smallest absolute Gasteiger partial charge is 0.394 e. The number of halogens is 4. The number of hydrogen-bond donors (Lipinski definition) is 1. The Labute approximate surface area is 87.0 Å². The maximum absolute atomic E-state index is 11.8. The van der Waals surface area contributed by atoms with Crippen molar-refractivity contribution in [2.75, 3.05) is 5.73 Å². The van der Waals surface area contributed by atoms with Crippen LogP contribution < -0.4 is 10.5 Å². The predicted octanol–water partition coefficient (Wildman–Crippen LogP) is 2.09. The molecule has 0 aromatic carbocycles. The highest BCUT2D eigenvalue weighted by Gasteiger charge is 2.33. The first-order chi connectivity index (χ1) is 6.83. The number of pyridine rings is 1. The summed E-state index contributed by atoms with van der Waals surface area (Å²) < 4.78 is 39.0. The topological polar surface area (TPSA) is 71.9 Å². The molecular weight excluding hydrogens is 235 g/mol. The van der Waals surface area contributed by atoms with Gasteiger partial charge in [0.25, 0.3) is 0 Å². The summed E-state index contributed by atoms with van der Waals surface area (Å²) in [5.41, 5.74) is 4.39. The van der Waals surface area contributed by atoms with E-state index in [1.807, 2.05) is 0 Å². The molecule has 0 aliphatic carbocycles. The lowest BCUT2D eigenvalue weighted by molar-refractivity contribution is -0.275. The van der Waals surface area contributed by atoms with E-state index < -0.39 is 17.9 Å². The maximum atomic E-state index is 11.8. The van der Waals surface area contributed by atoms with Crippen LogP contribution in [0.4, 0.5) is 18.9 Å². The van der Waals surface area contributed by atoms with Crippen LogP contribution in [0.15, 0.2) is 6.07 Å². The highest BCUT2D eigenvalue weighted by Crippen LogP contribution is 2.29. The summed E-state index contributed by atoms with van der Waals surface area (Å²) >= 11 is 5.47. The Morgan fingerprint density at radius 1 is 1.53 bits per heavy atom. The molecule has 0 atom stereocenters. The fourth-order valence-corrected chi connectivity index (χ4v) is 0.958. The molecule has 1 aromatic rings. The van der Waals surface area contributed by atoms with Gasteiger partial charge in [0.15, 0.2) is 5.69 Å². The highest BCUT2D eigenvalue weighted by molar-refractivity contribution is 6.31. The molecule has 0 amide bonds. The van der Waals surface area contributed by atoms with Gasteiger partial charge < -0.3 is 10.5 Å². The van der Waals surface area contributed by atoms with E-state index in [0.717, 1.165) is 6.07 Å². The van der Waals surface area contributed by atoms with Crippen LogP contribution in [0.1, 0.15) is 5.69 Å². The minimum Gasteiger partial charge on any atom is -0.394 e. The van der Waals surface area contributed by atoms with Crippen LogP contribution >= 0.6 is 11.6 Å². The van der Waals surface area contributed by atoms with Gasteiger partial charge in [0.2, 0.25) is 5.88 Å². The monoisotopic (exact) mass is 237 g/mol. The molecule has 0 aliphatic rings. The fourth-order valence-electron chi connectivity index (χ4n) is 0.756. The SMILES string of the molecule is N#Cc1nc(OC(F)(F)F)c(N)cc1Cl. The van der Waals surface area contributed by atoms with Crippen molar-refractivity contribution in [1.29, 1.82) is 5.26 Å². The van der Waals surface area contributed by atoms with E-state index in [1.54, 1.807) is 0 Å². The number of nitrogen functional groups attached to an aromatic ring is 1. The van der Waals surface area contributed by atoms with E-state index in [1.165, 1.54) is 6.07 Å². The maximum Gasteiger partial charge on any atom is 0.574 e. The van der Waals surface area contributed by atoms with E-state index in [0.29, 0.717) is 0 Å². The first kappa shape index (κ1) is 11.4. The second kappa shape index (κ2) is 3.82. The van der Waals surface area contributed by atoms with Gasteiger partial charge >= 0.3 is 6.36 Å². The number of alkyl halides is 3. The zero-order valence-corrected chi connectivity index (χ0v) is 7.73. The van der Waals surface area contributed by atoms with E-state index >= 15 is 0 Å². The van der Waals surface area contributed by atoms with Crippen LogP contribution in [0.25, 0.3) is 0 Å². The number of nitrogens with two attached hydrogens (primary N) is 1. The predicted molar refractivity (Wildman–Crippen MR) is 45.1 cm³/mol. The summed E-state index contributed by atoms with van der Waals surface area (Å²) in [4.78, 5) is 3.22. The van der Waals surface area contributed by atoms with Crippen LogP contribution in [-0.4, -0.2) is 11.3 Å². The Morgan fingerprint density at radius 2 is 2.13 bits per heavy atom. The van der Waals surface area contributed by atoms with Crippen LogP contribution in [-0.2, 0) is 0 Å². The molecule has 15 heavy (non-hydrogen) atoms. The molecule has 4 nitrogen and oxygen atoms in total. The van der Waals surface area contributed by atoms with Crippen LogP contribution in [0.5, 0.6) is 5.88 Å². The Morgan fingerprint density at radius 3 is 2.60 bits per heavy atom. The van der Waals surface area contributed by atoms with Gasteiger partial charge in [-0.1, -0.05) is 11.6 Å². The Balaban J connectivity index is 3.15. The first-order valence-corrected chi connectivity index (χ1v) is 3.83. The van der Waals surface area contributed by atoms with Crippen molar-refractivity contribution >= 4 is 17.3 Å². The van der Waals surface area contributed by atoms with E-state index in [-0.39, 0.29) is 10.7 Å². The number of nitrogens with zero attached hydrogens (tertiary/aromatic N) is 2. The second-order valence-corrected chi connectivity index (χ2v) is 2.78. The molecule has 0 fully saturated rings. The summed E-state index contributed by atoms with van der Waals surface area (Å²) in [6.07, 6.45) is -4.92. The minimum absolute atomic E-state index is 0.135. The number of anilines is 1. The van der Waals surface area contributed by atoms with Gasteiger partial charge in [-0.15, -0.1) is 13.2 Å². The lowest BCUT2D eigenvalue weighted by Crippen LogP contribution is -2.19. The summed E-state index contributed by atoms with van der Waals surface area (Å²) in [7, 11) is 0. The van der Waals surface area contributed by atoms with Crippen molar-refractivity contribution in [2.45, 2.75) is 6.36 Å². The van der Waals surface area contributed by atoms with Crippen molar-refractivity contribution in [3.8, 4) is 11.9 Å². The van der Waals surface area contributed by atoms with Gasteiger partial charge in [-0.3, -0.25) is 0 Å². The molecule has 0 radical (unpaired) electrons. The van der Waals surface area contributed by atoms with Gasteiger partial charge in [-0.25, -0.2) is 0 Å². The Bertz CT molecular complexity index is 427. The van der Waals surface area contributed by atoms with Gasteiger partial charge in [0, 0.05) is 0 Å². The van der Waals surface area contributed by atoms with E-state index in [9.17, 15) is 13.2 Å². The van der Waals surface area contributed by atoms with Gasteiger partial charge in [-0.2, -0.15) is 10.2 Å². The molecule has 80 valence electrons. The third-order valence-corrected chi connectivity index (χ3v) is 1.58. The lowest BCUT2D eigenvalue weighted by Gasteiger charge is -2.10. The van der Waals surface area contributed by atoms with Crippen molar-refractivity contribution in [3.63, 3.8) is 0 Å². The van der Waals surface area contributed by atoms with Gasteiger partial charge in [0.1, 0.15) is 6.07 Å². The molecule has 8 heteroatoms. The van der Waals surface area contributed by atoms with E-state index in [2.05, 4.69) is 9.72 Å². The number of aromatic nitrogens is 1. The quantitative estimate of drug-likeness (QED) is 0.812. The molecule has 1 rings (SSSR count). The number of ether oxygens (including phenoxy) is 1. The number of hydrogen-bond acceptors (Lipinski definition) is 4. The molecule has 1 aromatic heterocycles. The molecule has 2 N–H and O–H groups in total. The zero-order valence-electron chi connectivity index (χ0n) is 6.97. The Hall–Kier alpha value is -1.68. The molecular formula is C7H3ClF3N3O. The molecule has 0 aliphatic heterocycles. The number of rotatable bonds is 1. The summed E-state index contributed by atoms with van der Waals surface area (Å²) in [5.74, 6) is -0.886. The van der Waals surface area contributed by atoms with Gasteiger partial charge in [0.05, 0.1) is 10.7 Å². The average Bonchev–Trinajstić information content (AvgIpc) is 2.07. The average molecular weight is 238 g/mol. The van der Waals surface area contributed by atoms with Crippen LogP contribution in [0.2, 0.25) is 5.02 Å². The third kappa shape index (κ3) is 2.89. The normalized spacial score (nSPS) is 10.9. The second-order valence-electron chi connectivity index (χ2n) is 2.37. The number of nitriles is 1. The lowest BCUT2D eigenvalue weighted by atomic mass is 10.3. The largest absolute Gasteiger partial charge is 0.574 e. The minimum atomic E-state index is -4.92. The molecule has 1 heterocycles. The van der Waals surface area contributed by atoms with Crippen molar-refractivity contribution in [3.05, 3.63) is 16.8 Å². The van der Waals surface area contributed by atoms with Crippen molar-refractivity contribution < 1.29 is 17.9 Å². The molecule has 0 spiro atoms. The third-order valence-electron chi connectivity index (χ3n) is 1.29. The van der Waals surface area contributed by atoms with Crippen LogP contribution in [0.3, 0.4) is 0 Å². The van der Waals surface area contributed by atoms with Gasteiger partial charge in [-0.05, 0) is 6.07 Å². The van der Waals surface area contributed by atoms with Crippen LogP contribution in [0, 0.1) is 11.3 Å².